The highest BCUT2D eigenvalue weighted by Gasteiger charge is 2.55. The van der Waals surface area contributed by atoms with Gasteiger partial charge in [-0.1, -0.05) is 38.1 Å². The normalized spacial score (nSPS) is 27.2. The first-order valence-corrected chi connectivity index (χ1v) is 7.69. The van der Waals surface area contributed by atoms with Crippen molar-refractivity contribution >= 4 is 16.7 Å². The van der Waals surface area contributed by atoms with Gasteiger partial charge in [-0.2, -0.15) is 4.37 Å². The summed E-state index contributed by atoms with van der Waals surface area (Å²) < 4.78 is 4.40. The van der Waals surface area contributed by atoms with Crippen molar-refractivity contribution < 1.29 is 0 Å². The second-order valence-electron chi connectivity index (χ2n) is 5.88. The van der Waals surface area contributed by atoms with Crippen LogP contribution in [0.15, 0.2) is 24.3 Å². The van der Waals surface area contributed by atoms with Crippen molar-refractivity contribution in [2.24, 2.45) is 5.92 Å². The Kier molecular flexibility index (Phi) is 2.42. The minimum Gasteiger partial charge on any atom is -0.357 e. The number of anilines is 1. The summed E-state index contributed by atoms with van der Waals surface area (Å²) in [6, 6.07) is 9.41. The van der Waals surface area contributed by atoms with Crippen LogP contribution in [0.4, 0.5) is 5.13 Å². The van der Waals surface area contributed by atoms with Crippen LogP contribution in [0.1, 0.15) is 42.6 Å². The zero-order valence-electron chi connectivity index (χ0n) is 11.1. The van der Waals surface area contributed by atoms with E-state index < -0.39 is 0 Å². The summed E-state index contributed by atoms with van der Waals surface area (Å²) in [5.74, 6) is 2.83. The van der Waals surface area contributed by atoms with Gasteiger partial charge in [-0.25, -0.2) is 4.98 Å². The van der Waals surface area contributed by atoms with Gasteiger partial charge in [0.1, 0.15) is 5.82 Å². The van der Waals surface area contributed by atoms with E-state index in [0.29, 0.717) is 17.9 Å². The lowest BCUT2D eigenvalue weighted by molar-refractivity contribution is 0.794. The zero-order chi connectivity index (χ0) is 13.0. The van der Waals surface area contributed by atoms with Crippen molar-refractivity contribution in [1.82, 2.24) is 9.36 Å². The maximum absolute atomic E-state index is 4.57. The van der Waals surface area contributed by atoms with Crippen LogP contribution < -0.4 is 5.32 Å². The minimum atomic E-state index is 0.409. The smallest absolute Gasteiger partial charge is 0.202 e. The van der Waals surface area contributed by atoms with Gasteiger partial charge in [0, 0.05) is 29.4 Å². The van der Waals surface area contributed by atoms with Crippen LogP contribution in [-0.4, -0.2) is 15.4 Å². The highest BCUT2D eigenvalue weighted by Crippen LogP contribution is 2.57. The Morgan fingerprint density at radius 2 is 2.16 bits per heavy atom. The van der Waals surface area contributed by atoms with E-state index in [4.69, 9.17) is 0 Å². The molecule has 19 heavy (non-hydrogen) atoms. The molecule has 3 unspecified atom stereocenters. The molecule has 0 saturated heterocycles. The molecule has 1 fully saturated rings. The molecule has 0 amide bonds. The SMILES string of the molecule is CC(C)c1nsc(NC2C3Cc4ccccc4C32)n1. The van der Waals surface area contributed by atoms with Crippen molar-refractivity contribution in [3.63, 3.8) is 0 Å². The molecule has 4 heteroatoms. The van der Waals surface area contributed by atoms with Crippen LogP contribution in [-0.2, 0) is 6.42 Å². The van der Waals surface area contributed by atoms with Gasteiger partial charge in [0.05, 0.1) is 0 Å². The standard InChI is InChI=1S/C15H17N3S/c1-8(2)14-17-15(19-18-14)16-13-11-7-9-5-3-4-6-10(9)12(11)13/h3-6,8,11-13H,7H2,1-2H3,(H,16,17,18). The molecule has 0 bridgehead atoms. The van der Waals surface area contributed by atoms with Gasteiger partial charge >= 0.3 is 0 Å². The van der Waals surface area contributed by atoms with Gasteiger partial charge in [0.2, 0.25) is 5.13 Å². The summed E-state index contributed by atoms with van der Waals surface area (Å²) in [4.78, 5) is 4.57. The Morgan fingerprint density at radius 1 is 1.32 bits per heavy atom. The van der Waals surface area contributed by atoms with Gasteiger partial charge in [-0.15, -0.1) is 0 Å². The second-order valence-corrected chi connectivity index (χ2v) is 6.63. The second kappa shape index (κ2) is 4.04. The van der Waals surface area contributed by atoms with Crippen molar-refractivity contribution in [1.29, 1.82) is 0 Å². The predicted octanol–water partition coefficient (Wildman–Crippen LogP) is 3.41. The molecule has 1 aromatic heterocycles. The maximum atomic E-state index is 4.57. The number of hydrogen-bond donors (Lipinski definition) is 1. The molecule has 4 rings (SSSR count). The van der Waals surface area contributed by atoms with Gasteiger partial charge in [0.15, 0.2) is 0 Å². The fourth-order valence-corrected chi connectivity index (χ4v) is 3.97. The summed E-state index contributed by atoms with van der Waals surface area (Å²) in [5, 5.41) is 4.57. The molecule has 0 spiro atoms. The van der Waals surface area contributed by atoms with Crippen LogP contribution >= 0.6 is 11.5 Å². The van der Waals surface area contributed by atoms with E-state index in [2.05, 4.69) is 52.8 Å². The van der Waals surface area contributed by atoms with Crippen molar-refractivity contribution in [2.75, 3.05) is 5.32 Å². The van der Waals surface area contributed by atoms with E-state index in [9.17, 15) is 0 Å². The van der Waals surface area contributed by atoms with Crippen LogP contribution in [0.5, 0.6) is 0 Å². The number of nitrogens with one attached hydrogen (secondary N) is 1. The van der Waals surface area contributed by atoms with E-state index in [1.165, 1.54) is 23.5 Å². The minimum absolute atomic E-state index is 0.409. The van der Waals surface area contributed by atoms with Crippen molar-refractivity contribution in [2.45, 2.75) is 38.1 Å². The number of fused-ring (bicyclic) bond motifs is 3. The summed E-state index contributed by atoms with van der Waals surface area (Å²) >= 11 is 1.49. The fraction of sp³-hybridized carbons (Fsp3) is 0.467. The van der Waals surface area contributed by atoms with E-state index >= 15 is 0 Å². The molecule has 98 valence electrons. The highest BCUT2D eigenvalue weighted by molar-refractivity contribution is 7.09. The lowest BCUT2D eigenvalue weighted by Crippen LogP contribution is -2.09. The molecule has 2 aliphatic rings. The lowest BCUT2D eigenvalue weighted by atomic mass is 10.1. The summed E-state index contributed by atoms with van der Waals surface area (Å²) in [6.07, 6.45) is 1.22. The van der Waals surface area contributed by atoms with Crippen molar-refractivity contribution in [3.8, 4) is 0 Å². The van der Waals surface area contributed by atoms with Crippen LogP contribution in [0.3, 0.4) is 0 Å². The Balaban J connectivity index is 1.50. The summed E-state index contributed by atoms with van der Waals surface area (Å²) in [5.41, 5.74) is 3.08. The summed E-state index contributed by atoms with van der Waals surface area (Å²) in [6.45, 7) is 4.27. The third-order valence-corrected chi connectivity index (χ3v) is 4.95. The number of aromatic nitrogens is 2. The maximum Gasteiger partial charge on any atom is 0.202 e. The number of hydrogen-bond acceptors (Lipinski definition) is 4. The average molecular weight is 271 g/mol. The topological polar surface area (TPSA) is 37.8 Å². The molecule has 1 saturated carbocycles. The van der Waals surface area contributed by atoms with E-state index in [0.717, 1.165) is 16.9 Å². The largest absolute Gasteiger partial charge is 0.357 e. The predicted molar refractivity (Wildman–Crippen MR) is 77.8 cm³/mol. The molecule has 1 heterocycles. The van der Waals surface area contributed by atoms with Gasteiger partial charge < -0.3 is 5.32 Å². The summed E-state index contributed by atoms with van der Waals surface area (Å²) in [7, 11) is 0. The molecule has 0 aliphatic heterocycles. The average Bonchev–Trinajstić information content (AvgIpc) is 2.81. The molecule has 1 N–H and O–H groups in total. The highest BCUT2D eigenvalue weighted by atomic mass is 32.1. The monoisotopic (exact) mass is 271 g/mol. The Labute approximate surface area is 117 Å². The van der Waals surface area contributed by atoms with Gasteiger partial charge in [-0.05, 0) is 23.5 Å². The number of benzene rings is 1. The molecule has 3 atom stereocenters. The molecule has 0 radical (unpaired) electrons. The third kappa shape index (κ3) is 1.77. The van der Waals surface area contributed by atoms with Gasteiger partial charge in [-0.3, -0.25) is 0 Å². The Morgan fingerprint density at radius 3 is 2.95 bits per heavy atom. The van der Waals surface area contributed by atoms with Crippen molar-refractivity contribution in [3.05, 3.63) is 41.2 Å². The zero-order valence-corrected chi connectivity index (χ0v) is 11.9. The third-order valence-electron chi connectivity index (χ3n) is 4.29. The Bertz CT molecular complexity index is 619. The molecule has 3 nitrogen and oxygen atoms in total. The molecule has 2 aliphatic carbocycles. The molecular weight excluding hydrogens is 254 g/mol. The quantitative estimate of drug-likeness (QED) is 0.929. The first-order chi connectivity index (χ1) is 9.24. The van der Waals surface area contributed by atoms with Crippen LogP contribution in [0, 0.1) is 5.92 Å². The first kappa shape index (κ1) is 11.4. The van der Waals surface area contributed by atoms with Crippen LogP contribution in [0.25, 0.3) is 0 Å². The lowest BCUT2D eigenvalue weighted by Gasteiger charge is -2.07. The van der Waals surface area contributed by atoms with Crippen LogP contribution in [0.2, 0.25) is 0 Å². The van der Waals surface area contributed by atoms with E-state index in [1.807, 2.05) is 0 Å². The Hall–Kier alpha value is -1.42. The van der Waals surface area contributed by atoms with E-state index in [1.54, 1.807) is 5.56 Å². The number of rotatable bonds is 3. The molecule has 2 aromatic rings. The first-order valence-electron chi connectivity index (χ1n) is 6.92. The fourth-order valence-electron chi connectivity index (χ4n) is 3.22. The molecule has 1 aromatic carbocycles. The number of nitrogens with zero attached hydrogens (tertiary/aromatic N) is 2. The van der Waals surface area contributed by atoms with Gasteiger partial charge in [0.25, 0.3) is 0 Å². The molecular formula is C15H17N3S. The van der Waals surface area contributed by atoms with E-state index in [-0.39, 0.29) is 0 Å².